The molecule has 3 N–H and O–H groups in total. The minimum atomic E-state index is -0.333. The summed E-state index contributed by atoms with van der Waals surface area (Å²) in [5.41, 5.74) is 1.98. The van der Waals surface area contributed by atoms with Gasteiger partial charge in [0.2, 0.25) is 0 Å². The van der Waals surface area contributed by atoms with E-state index in [1.807, 2.05) is 5.43 Å². The first kappa shape index (κ1) is 7.61. The molecule has 1 amide bonds. The van der Waals surface area contributed by atoms with Crippen LogP contribution >= 0.6 is 0 Å². The summed E-state index contributed by atoms with van der Waals surface area (Å²) in [4.78, 5) is 10.7. The van der Waals surface area contributed by atoms with Crippen molar-refractivity contribution >= 4 is 5.91 Å². The molecule has 1 aromatic rings. The van der Waals surface area contributed by atoms with Gasteiger partial charge in [0.1, 0.15) is 12.4 Å². The number of hydrogen-bond donors (Lipinski definition) is 2. The van der Waals surface area contributed by atoms with Gasteiger partial charge >= 0.3 is 0 Å². The fraction of sp³-hybridized carbons (Fsp3) is 0.500. The summed E-state index contributed by atoms with van der Waals surface area (Å²) in [6.45, 7) is 1.75. The van der Waals surface area contributed by atoms with Crippen LogP contribution in [0.15, 0.2) is 0 Å². The van der Waals surface area contributed by atoms with Crippen molar-refractivity contribution in [1.29, 1.82) is 0 Å². The first-order chi connectivity index (χ1) is 5.24. The number of nitrogens with two attached hydrogens (primary N) is 1. The summed E-state index contributed by atoms with van der Waals surface area (Å²) in [6.07, 6.45) is 0. The van der Waals surface area contributed by atoms with Crippen molar-refractivity contribution in [3.05, 3.63) is 5.82 Å². The molecular weight excluding hydrogens is 148 g/mol. The smallest absolute Gasteiger partial charge is 0.255 e. The third-order valence-electron chi connectivity index (χ3n) is 1.17. The Balaban J connectivity index is 2.64. The molecule has 0 saturated carbocycles. The number of amides is 1. The molecule has 1 aromatic heterocycles. The molecule has 0 unspecified atom stereocenters. The summed E-state index contributed by atoms with van der Waals surface area (Å²) < 4.78 is 1.35. The number of hydrogen-bond acceptors (Lipinski definition) is 5. The van der Waals surface area contributed by atoms with E-state index in [0.717, 1.165) is 0 Å². The predicted molar refractivity (Wildman–Crippen MR) is 34.9 cm³/mol. The highest BCUT2D eigenvalue weighted by molar-refractivity contribution is 5.74. The molecule has 0 saturated heterocycles. The number of hydrazine groups is 1. The molecule has 0 spiro atoms. The predicted octanol–water partition coefficient (Wildman–Crippen LogP) is -2.03. The van der Waals surface area contributed by atoms with Gasteiger partial charge in [-0.2, -0.15) is 0 Å². The summed E-state index contributed by atoms with van der Waals surface area (Å²) in [5.74, 6) is 5.10. The topological polar surface area (TPSA) is 98.7 Å². The molecule has 0 aliphatic heterocycles. The maximum Gasteiger partial charge on any atom is 0.255 e. The van der Waals surface area contributed by atoms with Crippen LogP contribution in [0.2, 0.25) is 0 Å². The van der Waals surface area contributed by atoms with E-state index in [-0.39, 0.29) is 12.5 Å². The van der Waals surface area contributed by atoms with Crippen molar-refractivity contribution in [2.24, 2.45) is 5.84 Å². The van der Waals surface area contributed by atoms with Gasteiger partial charge in [0.15, 0.2) is 0 Å². The molecule has 60 valence electrons. The van der Waals surface area contributed by atoms with Crippen LogP contribution in [0.25, 0.3) is 0 Å². The van der Waals surface area contributed by atoms with Gasteiger partial charge in [-0.25, -0.2) is 10.5 Å². The van der Waals surface area contributed by atoms with E-state index in [2.05, 4.69) is 15.5 Å². The maximum absolute atomic E-state index is 10.7. The number of aromatic nitrogens is 4. The molecule has 0 bridgehead atoms. The Bertz CT molecular complexity index is 255. The van der Waals surface area contributed by atoms with Crippen LogP contribution in [0.1, 0.15) is 5.82 Å². The largest absolute Gasteiger partial charge is 0.293 e. The third kappa shape index (κ3) is 1.71. The van der Waals surface area contributed by atoms with Gasteiger partial charge in [-0.3, -0.25) is 10.2 Å². The molecule has 0 radical (unpaired) electrons. The molecule has 0 fully saturated rings. The minimum absolute atomic E-state index is 0.0509. The van der Waals surface area contributed by atoms with Crippen LogP contribution in [-0.4, -0.2) is 26.1 Å². The molecule has 1 heterocycles. The monoisotopic (exact) mass is 156 g/mol. The molecule has 11 heavy (non-hydrogen) atoms. The summed E-state index contributed by atoms with van der Waals surface area (Å²) in [7, 11) is 0. The van der Waals surface area contributed by atoms with E-state index in [4.69, 9.17) is 5.84 Å². The average Bonchev–Trinajstić information content (AvgIpc) is 2.37. The fourth-order valence-corrected chi connectivity index (χ4v) is 0.577. The zero-order chi connectivity index (χ0) is 8.27. The number of rotatable bonds is 2. The van der Waals surface area contributed by atoms with Crippen LogP contribution in [0, 0.1) is 6.92 Å². The van der Waals surface area contributed by atoms with Gasteiger partial charge in [-0.1, -0.05) is 0 Å². The van der Waals surface area contributed by atoms with Crippen LogP contribution in [0.4, 0.5) is 0 Å². The lowest BCUT2D eigenvalue weighted by Crippen LogP contribution is -2.33. The van der Waals surface area contributed by atoms with Crippen LogP contribution < -0.4 is 11.3 Å². The second-order valence-electron chi connectivity index (χ2n) is 1.95. The highest BCUT2D eigenvalue weighted by Gasteiger charge is 2.04. The van der Waals surface area contributed by atoms with E-state index < -0.39 is 0 Å². The summed E-state index contributed by atoms with van der Waals surface area (Å²) in [6, 6.07) is 0. The van der Waals surface area contributed by atoms with Gasteiger partial charge in [0, 0.05) is 0 Å². The number of tetrazole rings is 1. The molecule has 7 heteroatoms. The van der Waals surface area contributed by atoms with Crippen molar-refractivity contribution in [1.82, 2.24) is 25.6 Å². The van der Waals surface area contributed by atoms with Crippen molar-refractivity contribution in [3.8, 4) is 0 Å². The molecular formula is C4H8N6O. The van der Waals surface area contributed by atoms with Gasteiger partial charge in [-0.15, -0.1) is 5.10 Å². The number of carbonyl (C=O) groups is 1. The normalized spacial score (nSPS) is 9.64. The Kier molecular flexibility index (Phi) is 2.12. The molecule has 1 rings (SSSR count). The van der Waals surface area contributed by atoms with Crippen molar-refractivity contribution in [2.45, 2.75) is 13.5 Å². The summed E-state index contributed by atoms with van der Waals surface area (Å²) >= 11 is 0. The number of nitrogens with one attached hydrogen (secondary N) is 1. The SMILES string of the molecule is Cc1nnnn1CC(=O)NN. The first-order valence-electron chi connectivity index (χ1n) is 2.96. The van der Waals surface area contributed by atoms with Gasteiger partial charge in [0.05, 0.1) is 0 Å². The van der Waals surface area contributed by atoms with Crippen LogP contribution in [0.5, 0.6) is 0 Å². The third-order valence-corrected chi connectivity index (χ3v) is 1.17. The number of aryl methyl sites for hydroxylation is 1. The second-order valence-corrected chi connectivity index (χ2v) is 1.95. The second kappa shape index (κ2) is 3.06. The van der Waals surface area contributed by atoms with E-state index in [1.54, 1.807) is 6.92 Å². The first-order valence-corrected chi connectivity index (χ1v) is 2.96. The average molecular weight is 156 g/mol. The van der Waals surface area contributed by atoms with E-state index in [0.29, 0.717) is 5.82 Å². The van der Waals surface area contributed by atoms with Gasteiger partial charge in [0.25, 0.3) is 5.91 Å². The van der Waals surface area contributed by atoms with Crippen LogP contribution in [-0.2, 0) is 11.3 Å². The lowest BCUT2D eigenvalue weighted by atomic mass is 10.6. The van der Waals surface area contributed by atoms with E-state index in [1.165, 1.54) is 4.68 Å². The zero-order valence-corrected chi connectivity index (χ0v) is 5.98. The molecule has 0 aromatic carbocycles. The standard InChI is InChI=1S/C4H8N6O/c1-3-7-8-9-10(3)2-4(11)6-5/h2,5H2,1H3,(H,6,11). The highest BCUT2D eigenvalue weighted by atomic mass is 16.2. The lowest BCUT2D eigenvalue weighted by molar-refractivity contribution is -0.121. The number of carbonyl (C=O) groups excluding carboxylic acids is 1. The van der Waals surface area contributed by atoms with Gasteiger partial charge in [-0.05, 0) is 17.4 Å². The lowest BCUT2D eigenvalue weighted by Gasteiger charge is -1.98. The van der Waals surface area contributed by atoms with Crippen molar-refractivity contribution in [3.63, 3.8) is 0 Å². The van der Waals surface area contributed by atoms with Crippen molar-refractivity contribution < 1.29 is 4.79 Å². The van der Waals surface area contributed by atoms with E-state index >= 15 is 0 Å². The zero-order valence-electron chi connectivity index (χ0n) is 5.98. The molecule has 7 nitrogen and oxygen atoms in total. The van der Waals surface area contributed by atoms with Crippen molar-refractivity contribution in [2.75, 3.05) is 0 Å². The Hall–Kier alpha value is -1.50. The quantitative estimate of drug-likeness (QED) is 0.292. The molecule has 0 aliphatic carbocycles. The Morgan fingerprint density at radius 3 is 3.00 bits per heavy atom. The highest BCUT2D eigenvalue weighted by Crippen LogP contribution is 1.86. The Morgan fingerprint density at radius 1 is 1.82 bits per heavy atom. The fourth-order valence-electron chi connectivity index (χ4n) is 0.577. The minimum Gasteiger partial charge on any atom is -0.293 e. The van der Waals surface area contributed by atoms with Crippen LogP contribution in [0.3, 0.4) is 0 Å². The maximum atomic E-state index is 10.7. The van der Waals surface area contributed by atoms with E-state index in [9.17, 15) is 4.79 Å². The Morgan fingerprint density at radius 2 is 2.55 bits per heavy atom. The molecule has 0 aliphatic rings. The van der Waals surface area contributed by atoms with Gasteiger partial charge < -0.3 is 0 Å². The molecule has 0 atom stereocenters. The summed E-state index contributed by atoms with van der Waals surface area (Å²) in [5, 5.41) is 10.5. The number of nitrogens with zero attached hydrogens (tertiary/aromatic N) is 4. The Labute approximate surface area is 62.5 Å².